The Labute approximate surface area is 121 Å². The van der Waals surface area contributed by atoms with Crippen LogP contribution in [0, 0.1) is 5.92 Å². The summed E-state index contributed by atoms with van der Waals surface area (Å²) in [5.41, 5.74) is 0.453. The van der Waals surface area contributed by atoms with E-state index in [1.807, 2.05) is 20.0 Å². The number of carboxylic acids is 1. The standard InChI is InChI=1S/C13H19BrN2O3/c1-7(2)11(13(18)19)15-12(17)10-5-9(14)6-16(10)8(3)4/h5-8,11H,1-4H3,(H,15,17)(H,18,19)/t11-/m1/s1. The summed E-state index contributed by atoms with van der Waals surface area (Å²) in [5, 5.41) is 11.7. The van der Waals surface area contributed by atoms with Crippen molar-refractivity contribution in [1.29, 1.82) is 0 Å². The monoisotopic (exact) mass is 330 g/mol. The second kappa shape index (κ2) is 6.23. The van der Waals surface area contributed by atoms with Gasteiger partial charge in [-0.2, -0.15) is 0 Å². The molecule has 0 saturated carbocycles. The lowest BCUT2D eigenvalue weighted by Gasteiger charge is -2.19. The number of nitrogens with zero attached hydrogens (tertiary/aromatic N) is 1. The molecule has 0 radical (unpaired) electrons. The summed E-state index contributed by atoms with van der Waals surface area (Å²) in [6.45, 7) is 7.44. The van der Waals surface area contributed by atoms with Gasteiger partial charge in [0, 0.05) is 16.7 Å². The molecule has 1 rings (SSSR count). The van der Waals surface area contributed by atoms with Gasteiger partial charge in [0.15, 0.2) is 0 Å². The molecule has 0 aliphatic rings. The van der Waals surface area contributed by atoms with Crippen molar-refractivity contribution in [3.8, 4) is 0 Å². The second-order valence-electron chi connectivity index (χ2n) is 5.08. The van der Waals surface area contributed by atoms with E-state index in [1.165, 1.54) is 0 Å². The Kier molecular flexibility index (Phi) is 5.17. The fraction of sp³-hybridized carbons (Fsp3) is 0.538. The van der Waals surface area contributed by atoms with Crippen molar-refractivity contribution >= 4 is 27.8 Å². The molecule has 19 heavy (non-hydrogen) atoms. The number of amides is 1. The predicted octanol–water partition coefficient (Wildman–Crippen LogP) is 2.67. The summed E-state index contributed by atoms with van der Waals surface area (Å²) in [6, 6.07) is 0.922. The van der Waals surface area contributed by atoms with Crippen LogP contribution in [0.2, 0.25) is 0 Å². The Morgan fingerprint density at radius 1 is 1.32 bits per heavy atom. The highest BCUT2D eigenvalue weighted by molar-refractivity contribution is 9.10. The first-order valence-corrected chi connectivity index (χ1v) is 6.94. The van der Waals surface area contributed by atoms with Gasteiger partial charge in [-0.05, 0) is 41.8 Å². The van der Waals surface area contributed by atoms with Crippen LogP contribution >= 0.6 is 15.9 Å². The minimum Gasteiger partial charge on any atom is -0.480 e. The van der Waals surface area contributed by atoms with Gasteiger partial charge >= 0.3 is 5.97 Å². The number of rotatable bonds is 5. The van der Waals surface area contributed by atoms with Crippen LogP contribution in [0.4, 0.5) is 0 Å². The molecule has 0 fully saturated rings. The number of hydrogen-bond acceptors (Lipinski definition) is 2. The quantitative estimate of drug-likeness (QED) is 0.871. The zero-order valence-corrected chi connectivity index (χ0v) is 13.1. The number of carboxylic acid groups (broad SMARTS) is 1. The number of hydrogen-bond donors (Lipinski definition) is 2. The topological polar surface area (TPSA) is 71.3 Å². The highest BCUT2D eigenvalue weighted by atomic mass is 79.9. The van der Waals surface area contributed by atoms with Gasteiger partial charge in [0.1, 0.15) is 11.7 Å². The third-order valence-electron chi connectivity index (χ3n) is 2.82. The zero-order valence-electron chi connectivity index (χ0n) is 11.5. The van der Waals surface area contributed by atoms with Crippen LogP contribution in [0.1, 0.15) is 44.2 Å². The normalized spacial score (nSPS) is 12.8. The van der Waals surface area contributed by atoms with Crippen molar-refractivity contribution in [2.24, 2.45) is 5.92 Å². The number of aromatic nitrogens is 1. The maximum atomic E-state index is 12.2. The average Bonchev–Trinajstić information content (AvgIpc) is 2.67. The Balaban J connectivity index is 2.98. The van der Waals surface area contributed by atoms with E-state index < -0.39 is 12.0 Å². The maximum absolute atomic E-state index is 12.2. The summed E-state index contributed by atoms with van der Waals surface area (Å²) in [6.07, 6.45) is 1.81. The molecule has 0 saturated heterocycles. The van der Waals surface area contributed by atoms with Crippen molar-refractivity contribution in [3.63, 3.8) is 0 Å². The number of nitrogens with one attached hydrogen (secondary N) is 1. The molecule has 0 spiro atoms. The highest BCUT2D eigenvalue weighted by Crippen LogP contribution is 2.19. The van der Waals surface area contributed by atoms with E-state index in [4.69, 9.17) is 5.11 Å². The fourth-order valence-electron chi connectivity index (χ4n) is 1.78. The molecule has 5 nitrogen and oxygen atoms in total. The predicted molar refractivity (Wildman–Crippen MR) is 76.2 cm³/mol. The number of halogens is 1. The Hall–Kier alpha value is -1.30. The van der Waals surface area contributed by atoms with Crippen LogP contribution in [0.25, 0.3) is 0 Å². The molecule has 0 aliphatic heterocycles. The molecule has 1 aromatic rings. The van der Waals surface area contributed by atoms with E-state index in [1.54, 1.807) is 24.5 Å². The Bertz CT molecular complexity index is 480. The summed E-state index contributed by atoms with van der Waals surface area (Å²) in [7, 11) is 0. The van der Waals surface area contributed by atoms with E-state index in [0.29, 0.717) is 5.69 Å². The van der Waals surface area contributed by atoms with Crippen molar-refractivity contribution < 1.29 is 14.7 Å². The molecule has 1 heterocycles. The van der Waals surface area contributed by atoms with Gasteiger partial charge in [-0.3, -0.25) is 4.79 Å². The van der Waals surface area contributed by atoms with E-state index >= 15 is 0 Å². The molecule has 0 unspecified atom stereocenters. The van der Waals surface area contributed by atoms with Crippen molar-refractivity contribution in [2.45, 2.75) is 39.8 Å². The Morgan fingerprint density at radius 2 is 1.89 bits per heavy atom. The molecule has 0 aromatic carbocycles. The van der Waals surface area contributed by atoms with Gasteiger partial charge in [-0.15, -0.1) is 0 Å². The third-order valence-corrected chi connectivity index (χ3v) is 3.26. The molecule has 0 aliphatic carbocycles. The van der Waals surface area contributed by atoms with Gasteiger partial charge in [-0.25, -0.2) is 4.79 Å². The van der Waals surface area contributed by atoms with E-state index in [-0.39, 0.29) is 17.9 Å². The molecule has 2 N–H and O–H groups in total. The third kappa shape index (κ3) is 3.83. The van der Waals surface area contributed by atoms with Gasteiger partial charge in [0.05, 0.1) is 0 Å². The maximum Gasteiger partial charge on any atom is 0.326 e. The summed E-state index contributed by atoms with van der Waals surface area (Å²) in [4.78, 5) is 23.3. The lowest BCUT2D eigenvalue weighted by Crippen LogP contribution is -2.44. The first-order chi connectivity index (χ1) is 8.73. The van der Waals surface area contributed by atoms with Crippen LogP contribution in [0.3, 0.4) is 0 Å². The van der Waals surface area contributed by atoms with Crippen molar-refractivity contribution in [2.75, 3.05) is 0 Å². The van der Waals surface area contributed by atoms with Crippen molar-refractivity contribution in [3.05, 3.63) is 22.4 Å². The average molecular weight is 331 g/mol. The molecule has 1 atom stereocenters. The fourth-order valence-corrected chi connectivity index (χ4v) is 2.22. The van der Waals surface area contributed by atoms with Crippen molar-refractivity contribution in [1.82, 2.24) is 9.88 Å². The summed E-state index contributed by atoms with van der Waals surface area (Å²) < 4.78 is 2.60. The molecular formula is C13H19BrN2O3. The number of carbonyl (C=O) groups is 2. The van der Waals surface area contributed by atoms with E-state index in [9.17, 15) is 9.59 Å². The van der Waals surface area contributed by atoms with E-state index in [2.05, 4.69) is 21.2 Å². The summed E-state index contributed by atoms with van der Waals surface area (Å²) >= 11 is 3.33. The minimum absolute atomic E-state index is 0.120. The van der Waals surface area contributed by atoms with Gasteiger partial charge in [-0.1, -0.05) is 13.8 Å². The minimum atomic E-state index is -1.02. The van der Waals surface area contributed by atoms with Crippen LogP contribution in [-0.2, 0) is 4.79 Å². The molecular weight excluding hydrogens is 312 g/mol. The van der Waals surface area contributed by atoms with Crippen LogP contribution in [-0.4, -0.2) is 27.6 Å². The first kappa shape index (κ1) is 15.8. The zero-order chi connectivity index (χ0) is 14.7. The van der Waals surface area contributed by atoms with Crippen LogP contribution in [0.5, 0.6) is 0 Å². The number of carbonyl (C=O) groups excluding carboxylic acids is 1. The van der Waals surface area contributed by atoms with Gasteiger partial charge < -0.3 is 15.0 Å². The van der Waals surface area contributed by atoms with Crippen LogP contribution in [0.15, 0.2) is 16.7 Å². The van der Waals surface area contributed by atoms with Crippen LogP contribution < -0.4 is 5.32 Å². The highest BCUT2D eigenvalue weighted by Gasteiger charge is 2.25. The van der Waals surface area contributed by atoms with Gasteiger partial charge in [0.25, 0.3) is 5.91 Å². The lowest BCUT2D eigenvalue weighted by molar-refractivity contribution is -0.140. The molecule has 6 heteroatoms. The smallest absolute Gasteiger partial charge is 0.326 e. The molecule has 0 bridgehead atoms. The largest absolute Gasteiger partial charge is 0.480 e. The van der Waals surface area contributed by atoms with Gasteiger partial charge in [0.2, 0.25) is 0 Å². The Morgan fingerprint density at radius 3 is 2.32 bits per heavy atom. The van der Waals surface area contributed by atoms with E-state index in [0.717, 1.165) is 4.47 Å². The number of aliphatic carboxylic acids is 1. The SMILES string of the molecule is CC(C)[C@@H](NC(=O)c1cc(Br)cn1C(C)C)C(=O)O. The molecule has 106 valence electrons. The molecule has 1 amide bonds. The second-order valence-corrected chi connectivity index (χ2v) is 5.99. The first-order valence-electron chi connectivity index (χ1n) is 6.15. The summed E-state index contributed by atoms with van der Waals surface area (Å²) in [5.74, 6) is -1.57. The molecule has 1 aromatic heterocycles. The lowest BCUT2D eigenvalue weighted by atomic mass is 10.0.